The van der Waals surface area contributed by atoms with Crippen LogP contribution >= 0.6 is 0 Å². The maximum absolute atomic E-state index is 13.2. The van der Waals surface area contributed by atoms with Crippen molar-refractivity contribution in [3.8, 4) is 0 Å². The van der Waals surface area contributed by atoms with E-state index in [0.717, 1.165) is 5.56 Å². The summed E-state index contributed by atoms with van der Waals surface area (Å²) < 4.78 is 18.4. The van der Waals surface area contributed by atoms with Crippen molar-refractivity contribution in [3.05, 3.63) is 35.6 Å². The molecule has 1 unspecified atom stereocenters. The summed E-state index contributed by atoms with van der Waals surface area (Å²) in [6, 6.07) is 5.08. The van der Waals surface area contributed by atoms with Gasteiger partial charge in [0.15, 0.2) is 0 Å². The minimum absolute atomic E-state index is 0.0151. The van der Waals surface area contributed by atoms with Crippen molar-refractivity contribution in [2.45, 2.75) is 78.6 Å². The third kappa shape index (κ3) is 7.02. The fraction of sp³-hybridized carbons (Fsp3) is 0.600. The molecular formula is C20H31FN2O3. The fourth-order valence-corrected chi connectivity index (χ4v) is 2.79. The molecule has 1 atom stereocenters. The molecule has 1 N–H and O–H groups in total. The van der Waals surface area contributed by atoms with E-state index >= 15 is 0 Å². The quantitative estimate of drug-likeness (QED) is 0.830. The van der Waals surface area contributed by atoms with Gasteiger partial charge in [0.25, 0.3) is 0 Å². The van der Waals surface area contributed by atoms with Crippen LogP contribution in [0.3, 0.4) is 0 Å². The summed E-state index contributed by atoms with van der Waals surface area (Å²) in [5.41, 5.74) is 0.0943. The Balaban J connectivity index is 3.05. The van der Waals surface area contributed by atoms with Crippen LogP contribution in [0.5, 0.6) is 0 Å². The smallest absolute Gasteiger partial charge is 0.408 e. The van der Waals surface area contributed by atoms with Crippen LogP contribution in [0.25, 0.3) is 0 Å². The van der Waals surface area contributed by atoms with Gasteiger partial charge in [0, 0.05) is 18.5 Å². The second-order valence-electron chi connectivity index (χ2n) is 7.96. The van der Waals surface area contributed by atoms with Gasteiger partial charge in [-0.3, -0.25) is 4.79 Å². The Bertz CT molecular complexity index is 598. The Kier molecular flexibility index (Phi) is 7.60. The summed E-state index contributed by atoms with van der Waals surface area (Å²) in [6.07, 6.45) is -0.390. The standard InChI is InChI=1S/C20H31FN2O3/c1-13(2)23(14(3)4)18(24)17(22-19(25)26-20(5,6)7)12-15-8-10-16(21)11-9-15/h8-11,13-14,17H,12H2,1-7H3,(H,22,25). The van der Waals surface area contributed by atoms with E-state index < -0.39 is 17.7 Å². The van der Waals surface area contributed by atoms with Crippen LogP contribution in [0.15, 0.2) is 24.3 Å². The normalized spacial score (nSPS) is 12.8. The number of benzene rings is 1. The maximum Gasteiger partial charge on any atom is 0.408 e. The number of alkyl carbamates (subject to hydrolysis) is 1. The zero-order valence-electron chi connectivity index (χ0n) is 16.8. The monoisotopic (exact) mass is 366 g/mol. The Hall–Kier alpha value is -2.11. The van der Waals surface area contributed by atoms with E-state index in [1.807, 2.05) is 27.7 Å². The molecule has 146 valence electrons. The molecule has 0 aliphatic rings. The lowest BCUT2D eigenvalue weighted by Crippen LogP contribution is -2.54. The predicted molar refractivity (Wildman–Crippen MR) is 100 cm³/mol. The molecule has 6 heteroatoms. The van der Waals surface area contributed by atoms with Crippen LogP contribution in [-0.4, -0.2) is 40.6 Å². The fourth-order valence-electron chi connectivity index (χ4n) is 2.79. The number of nitrogens with zero attached hydrogens (tertiary/aromatic N) is 1. The van der Waals surface area contributed by atoms with Crippen LogP contribution in [-0.2, 0) is 16.0 Å². The Morgan fingerprint density at radius 3 is 2.00 bits per heavy atom. The van der Waals surface area contributed by atoms with Gasteiger partial charge >= 0.3 is 6.09 Å². The van der Waals surface area contributed by atoms with Crippen molar-refractivity contribution in [1.82, 2.24) is 10.2 Å². The first-order valence-electron chi connectivity index (χ1n) is 8.97. The van der Waals surface area contributed by atoms with Gasteiger partial charge < -0.3 is 15.0 Å². The Morgan fingerprint density at radius 2 is 1.58 bits per heavy atom. The van der Waals surface area contributed by atoms with Crippen LogP contribution in [0.4, 0.5) is 9.18 Å². The molecule has 2 amide bonds. The van der Waals surface area contributed by atoms with Crippen LogP contribution in [0, 0.1) is 5.82 Å². The number of amides is 2. The summed E-state index contributed by atoms with van der Waals surface area (Å²) in [7, 11) is 0. The highest BCUT2D eigenvalue weighted by Crippen LogP contribution is 2.14. The highest BCUT2D eigenvalue weighted by atomic mass is 19.1. The Morgan fingerprint density at radius 1 is 1.08 bits per heavy atom. The van der Waals surface area contributed by atoms with Gasteiger partial charge in [0.1, 0.15) is 17.5 Å². The second kappa shape index (κ2) is 9.01. The van der Waals surface area contributed by atoms with E-state index in [1.54, 1.807) is 37.8 Å². The molecule has 0 heterocycles. The lowest BCUT2D eigenvalue weighted by molar-refractivity contribution is -0.137. The largest absolute Gasteiger partial charge is 0.444 e. The van der Waals surface area contributed by atoms with E-state index in [1.165, 1.54) is 12.1 Å². The van der Waals surface area contributed by atoms with Gasteiger partial charge in [-0.15, -0.1) is 0 Å². The molecular weight excluding hydrogens is 335 g/mol. The van der Waals surface area contributed by atoms with Crippen molar-refractivity contribution in [2.24, 2.45) is 0 Å². The molecule has 0 bridgehead atoms. The first kappa shape index (κ1) is 21.9. The van der Waals surface area contributed by atoms with Crippen molar-refractivity contribution in [1.29, 1.82) is 0 Å². The number of ether oxygens (including phenoxy) is 1. The molecule has 0 saturated carbocycles. The average molecular weight is 366 g/mol. The number of rotatable bonds is 6. The molecule has 5 nitrogen and oxygen atoms in total. The summed E-state index contributed by atoms with van der Waals surface area (Å²) >= 11 is 0. The summed E-state index contributed by atoms with van der Waals surface area (Å²) in [4.78, 5) is 27.0. The predicted octanol–water partition coefficient (Wildman–Crippen LogP) is 3.91. The molecule has 0 radical (unpaired) electrons. The lowest BCUT2D eigenvalue weighted by atomic mass is 10.0. The number of hydrogen-bond donors (Lipinski definition) is 1. The highest BCUT2D eigenvalue weighted by Gasteiger charge is 2.30. The summed E-state index contributed by atoms with van der Waals surface area (Å²) in [5.74, 6) is -0.534. The molecule has 0 fully saturated rings. The Labute approximate surface area is 155 Å². The molecule has 1 rings (SSSR count). The molecule has 0 spiro atoms. The van der Waals surface area contributed by atoms with Gasteiger partial charge in [-0.2, -0.15) is 0 Å². The van der Waals surface area contributed by atoms with Gasteiger partial charge in [-0.25, -0.2) is 9.18 Å². The highest BCUT2D eigenvalue weighted by molar-refractivity contribution is 5.86. The third-order valence-corrected chi connectivity index (χ3v) is 3.71. The minimum atomic E-state index is -0.792. The van der Waals surface area contributed by atoms with E-state index in [9.17, 15) is 14.0 Å². The van der Waals surface area contributed by atoms with E-state index in [-0.39, 0.29) is 30.2 Å². The van der Waals surface area contributed by atoms with Gasteiger partial charge in [-0.1, -0.05) is 12.1 Å². The molecule has 0 saturated heterocycles. The second-order valence-corrected chi connectivity index (χ2v) is 7.96. The zero-order chi connectivity index (χ0) is 20.1. The van der Waals surface area contributed by atoms with Crippen molar-refractivity contribution < 1.29 is 18.7 Å². The van der Waals surface area contributed by atoms with Gasteiger partial charge in [-0.05, 0) is 66.2 Å². The molecule has 0 aliphatic carbocycles. The van der Waals surface area contributed by atoms with Crippen LogP contribution in [0.1, 0.15) is 54.0 Å². The number of nitrogens with one attached hydrogen (secondary N) is 1. The number of carbonyl (C=O) groups excluding carboxylic acids is 2. The average Bonchev–Trinajstić information content (AvgIpc) is 2.46. The maximum atomic E-state index is 13.2. The van der Waals surface area contributed by atoms with Crippen LogP contribution < -0.4 is 5.32 Å². The number of halogens is 1. The lowest BCUT2D eigenvalue weighted by Gasteiger charge is -2.34. The van der Waals surface area contributed by atoms with Crippen molar-refractivity contribution in [3.63, 3.8) is 0 Å². The van der Waals surface area contributed by atoms with Crippen LogP contribution in [0.2, 0.25) is 0 Å². The van der Waals surface area contributed by atoms with E-state index in [2.05, 4.69) is 5.32 Å². The molecule has 0 aliphatic heterocycles. The van der Waals surface area contributed by atoms with E-state index in [0.29, 0.717) is 0 Å². The molecule has 1 aromatic rings. The number of hydrogen-bond acceptors (Lipinski definition) is 3. The van der Waals surface area contributed by atoms with E-state index in [4.69, 9.17) is 4.74 Å². The molecule has 26 heavy (non-hydrogen) atoms. The van der Waals surface area contributed by atoms with Gasteiger partial charge in [0.05, 0.1) is 0 Å². The summed E-state index contributed by atoms with van der Waals surface area (Å²) in [5, 5.41) is 2.68. The first-order valence-corrected chi connectivity index (χ1v) is 8.97. The third-order valence-electron chi connectivity index (χ3n) is 3.71. The van der Waals surface area contributed by atoms with Gasteiger partial charge in [0.2, 0.25) is 5.91 Å². The zero-order valence-corrected chi connectivity index (χ0v) is 16.8. The molecule has 0 aromatic heterocycles. The van der Waals surface area contributed by atoms with Crippen molar-refractivity contribution >= 4 is 12.0 Å². The number of carbonyl (C=O) groups is 2. The topological polar surface area (TPSA) is 58.6 Å². The summed E-state index contributed by atoms with van der Waals surface area (Å²) in [6.45, 7) is 13.0. The molecule has 1 aromatic carbocycles. The van der Waals surface area contributed by atoms with Crippen molar-refractivity contribution in [2.75, 3.05) is 0 Å². The first-order chi connectivity index (χ1) is 11.9. The minimum Gasteiger partial charge on any atom is -0.444 e. The SMILES string of the molecule is CC(C)N(C(=O)C(Cc1ccc(F)cc1)NC(=O)OC(C)(C)C)C(C)C.